The van der Waals surface area contributed by atoms with E-state index >= 15 is 4.39 Å². The fraction of sp³-hybridized carbons (Fsp3) is 0.542. The van der Waals surface area contributed by atoms with E-state index in [0.717, 1.165) is 10.9 Å². The van der Waals surface area contributed by atoms with Gasteiger partial charge in [-0.25, -0.2) is 14.4 Å². The Kier molecular flexibility index (Phi) is 6.37. The lowest BCUT2D eigenvalue weighted by Gasteiger charge is -2.45. The normalized spacial score (nSPS) is 27.6. The molecule has 2 saturated heterocycles. The topological polar surface area (TPSA) is 68.1 Å². The van der Waals surface area contributed by atoms with Crippen LogP contribution in [0.2, 0.25) is 5.02 Å². The van der Waals surface area contributed by atoms with Crippen LogP contribution in [0, 0.1) is 5.92 Å². The molecule has 0 radical (unpaired) electrons. The third kappa shape index (κ3) is 4.41. The van der Waals surface area contributed by atoms with Crippen molar-refractivity contribution in [1.82, 2.24) is 24.6 Å². The maximum atomic E-state index is 15.5. The number of likely N-dealkylation sites (tertiary alicyclic amines) is 1. The highest BCUT2D eigenvalue weighted by Gasteiger charge is 2.46. The van der Waals surface area contributed by atoms with Crippen LogP contribution in [0.4, 0.5) is 29.2 Å². The lowest BCUT2D eigenvalue weighted by molar-refractivity contribution is -0.143. The number of aryl methyl sites for hydroxylation is 1. The molecule has 5 rings (SSSR count). The highest BCUT2D eigenvalue weighted by Crippen LogP contribution is 2.41. The Morgan fingerprint density at radius 1 is 1.25 bits per heavy atom. The molecule has 36 heavy (non-hydrogen) atoms. The van der Waals surface area contributed by atoms with Crippen molar-refractivity contribution in [3.63, 3.8) is 0 Å². The summed E-state index contributed by atoms with van der Waals surface area (Å²) in [5.74, 6) is -0.129. The first-order valence-corrected chi connectivity index (χ1v) is 12.1. The minimum atomic E-state index is -4.60. The molecule has 0 bridgehead atoms. The zero-order valence-electron chi connectivity index (χ0n) is 20.1. The van der Waals surface area contributed by atoms with Crippen LogP contribution < -0.4 is 5.32 Å². The van der Waals surface area contributed by atoms with Gasteiger partial charge >= 0.3 is 6.18 Å². The number of aromatic nitrogens is 4. The first kappa shape index (κ1) is 25.2. The molecular formula is C24H27ClF4N6O. The average Bonchev–Trinajstić information content (AvgIpc) is 3.35. The lowest BCUT2D eigenvalue weighted by Crippen LogP contribution is -2.56. The molecule has 1 unspecified atom stereocenters. The molecule has 0 amide bonds. The number of anilines is 2. The molecule has 4 atom stereocenters. The number of alkyl halides is 4. The molecule has 0 aliphatic carbocycles. The molecule has 2 aliphatic rings. The van der Waals surface area contributed by atoms with Crippen LogP contribution in [0.25, 0.3) is 10.9 Å². The maximum Gasteiger partial charge on any atom is 0.435 e. The Morgan fingerprint density at radius 2 is 2.03 bits per heavy atom. The summed E-state index contributed by atoms with van der Waals surface area (Å²) in [6.45, 7) is 6.49. The highest BCUT2D eigenvalue weighted by molar-refractivity contribution is 6.32. The van der Waals surface area contributed by atoms with E-state index in [0.29, 0.717) is 53.6 Å². The lowest BCUT2D eigenvalue weighted by atomic mass is 9.82. The van der Waals surface area contributed by atoms with Crippen molar-refractivity contribution in [2.45, 2.75) is 44.1 Å². The van der Waals surface area contributed by atoms with Crippen molar-refractivity contribution >= 4 is 34.1 Å². The molecule has 1 aromatic carbocycles. The van der Waals surface area contributed by atoms with E-state index in [1.165, 1.54) is 13.2 Å². The standard InChI is InChI=1S/C24H27ClF4N6O/c1-13-11-36-12-23(13,2)35-5-4-15(18(26)10-35)16-7-19-14(6-17(16)25)8-30-22(32-19)33-20-9-31-34(3)21(20)24(27,28)29/h6-9,13,15,18H,4-5,10-12H2,1-3H3,(H,30,32,33)/t13?,15-,18+,23-/m0/s1. The van der Waals surface area contributed by atoms with E-state index in [-0.39, 0.29) is 23.7 Å². The van der Waals surface area contributed by atoms with Gasteiger partial charge in [-0.3, -0.25) is 9.58 Å². The van der Waals surface area contributed by atoms with Crippen LogP contribution in [0.1, 0.15) is 37.4 Å². The molecule has 1 N–H and O–H groups in total. The highest BCUT2D eigenvalue weighted by atomic mass is 35.5. The number of hydrogen-bond acceptors (Lipinski definition) is 6. The van der Waals surface area contributed by atoms with Crippen molar-refractivity contribution in [2.24, 2.45) is 13.0 Å². The summed E-state index contributed by atoms with van der Waals surface area (Å²) in [4.78, 5) is 10.7. The monoisotopic (exact) mass is 526 g/mol. The first-order valence-electron chi connectivity index (χ1n) is 11.8. The second kappa shape index (κ2) is 9.11. The van der Waals surface area contributed by atoms with Gasteiger partial charge in [-0.05, 0) is 43.5 Å². The van der Waals surface area contributed by atoms with Gasteiger partial charge in [0.05, 0.1) is 30.6 Å². The number of nitrogens with one attached hydrogen (secondary N) is 1. The van der Waals surface area contributed by atoms with Gasteiger partial charge in [0.15, 0.2) is 5.69 Å². The summed E-state index contributed by atoms with van der Waals surface area (Å²) in [5.41, 5.74) is -0.292. The third-order valence-corrected chi connectivity index (χ3v) is 7.97. The summed E-state index contributed by atoms with van der Waals surface area (Å²) >= 11 is 6.55. The van der Waals surface area contributed by atoms with Crippen molar-refractivity contribution in [2.75, 3.05) is 31.6 Å². The molecular weight excluding hydrogens is 500 g/mol. The molecule has 0 spiro atoms. The Hall–Kier alpha value is -2.50. The van der Waals surface area contributed by atoms with E-state index in [2.05, 4.69) is 39.1 Å². The van der Waals surface area contributed by atoms with E-state index in [9.17, 15) is 13.2 Å². The van der Waals surface area contributed by atoms with Crippen LogP contribution in [0.15, 0.2) is 24.5 Å². The quantitative estimate of drug-likeness (QED) is 0.463. The van der Waals surface area contributed by atoms with Crippen molar-refractivity contribution in [1.29, 1.82) is 0 Å². The SMILES string of the molecule is CC1COC[C@]1(C)N1CC[C@@H](c2cc3nc(Nc4cnn(C)c4C(F)(F)F)ncc3cc2Cl)[C@H](F)C1. The Balaban J connectivity index is 1.40. The van der Waals surface area contributed by atoms with Gasteiger partial charge in [0.1, 0.15) is 6.17 Å². The summed E-state index contributed by atoms with van der Waals surface area (Å²) in [7, 11) is 1.21. The Bertz CT molecular complexity index is 1280. The summed E-state index contributed by atoms with van der Waals surface area (Å²) in [6, 6.07) is 3.39. The number of hydrogen-bond donors (Lipinski definition) is 1. The van der Waals surface area contributed by atoms with Gasteiger partial charge in [-0.15, -0.1) is 0 Å². The van der Waals surface area contributed by atoms with E-state index < -0.39 is 24.0 Å². The molecule has 2 aliphatic heterocycles. The minimum absolute atomic E-state index is 0.0240. The van der Waals surface area contributed by atoms with Gasteiger partial charge in [0, 0.05) is 41.7 Å². The second-order valence-electron chi connectivity index (χ2n) is 9.91. The average molecular weight is 527 g/mol. The number of halogens is 5. The van der Waals surface area contributed by atoms with Crippen LogP contribution in [0.3, 0.4) is 0 Å². The fourth-order valence-corrected chi connectivity index (χ4v) is 5.60. The predicted molar refractivity (Wildman–Crippen MR) is 128 cm³/mol. The van der Waals surface area contributed by atoms with Crippen molar-refractivity contribution in [3.8, 4) is 0 Å². The smallest absolute Gasteiger partial charge is 0.379 e. The number of piperidine rings is 1. The van der Waals surface area contributed by atoms with Gasteiger partial charge in [0.2, 0.25) is 5.95 Å². The number of rotatable bonds is 4. The number of fused-ring (bicyclic) bond motifs is 1. The molecule has 4 heterocycles. The van der Waals surface area contributed by atoms with Gasteiger partial charge < -0.3 is 10.1 Å². The second-order valence-corrected chi connectivity index (χ2v) is 10.3. The van der Waals surface area contributed by atoms with E-state index in [1.807, 2.05) is 0 Å². The molecule has 3 aromatic rings. The van der Waals surface area contributed by atoms with Crippen molar-refractivity contribution in [3.05, 3.63) is 40.8 Å². The molecule has 194 valence electrons. The predicted octanol–water partition coefficient (Wildman–Crippen LogP) is 5.33. The molecule has 2 fully saturated rings. The number of nitrogens with zero attached hydrogens (tertiary/aromatic N) is 5. The fourth-order valence-electron chi connectivity index (χ4n) is 5.28. The van der Waals surface area contributed by atoms with Gasteiger partial charge in [0.25, 0.3) is 0 Å². The van der Waals surface area contributed by atoms with Gasteiger partial charge in [-0.1, -0.05) is 18.5 Å². The molecule has 12 heteroatoms. The maximum absolute atomic E-state index is 15.5. The van der Waals surface area contributed by atoms with Crippen LogP contribution >= 0.6 is 11.6 Å². The third-order valence-electron chi connectivity index (χ3n) is 7.64. The molecule has 2 aromatic heterocycles. The number of ether oxygens (including phenoxy) is 1. The zero-order valence-corrected chi connectivity index (χ0v) is 20.9. The molecule has 7 nitrogen and oxygen atoms in total. The zero-order chi connectivity index (χ0) is 25.8. The largest absolute Gasteiger partial charge is 0.435 e. The van der Waals surface area contributed by atoms with Crippen LogP contribution in [0.5, 0.6) is 0 Å². The summed E-state index contributed by atoms with van der Waals surface area (Å²) in [6.07, 6.45) is -2.61. The van der Waals surface area contributed by atoms with Crippen LogP contribution in [-0.2, 0) is 18.0 Å². The minimum Gasteiger partial charge on any atom is -0.379 e. The van der Waals surface area contributed by atoms with Gasteiger partial charge in [-0.2, -0.15) is 18.3 Å². The summed E-state index contributed by atoms with van der Waals surface area (Å²) < 4.78 is 62.2. The Labute approximate surface area is 210 Å². The molecule has 0 saturated carbocycles. The summed E-state index contributed by atoms with van der Waals surface area (Å²) in [5, 5.41) is 7.32. The Morgan fingerprint density at radius 3 is 2.69 bits per heavy atom. The van der Waals surface area contributed by atoms with Crippen molar-refractivity contribution < 1.29 is 22.3 Å². The van der Waals surface area contributed by atoms with Crippen LogP contribution in [-0.4, -0.2) is 62.7 Å². The first-order chi connectivity index (χ1) is 17.0. The number of benzene rings is 1. The van der Waals surface area contributed by atoms with E-state index in [1.54, 1.807) is 12.1 Å². The van der Waals surface area contributed by atoms with E-state index in [4.69, 9.17) is 16.3 Å².